The molecular weight excluding hydrogens is 747 g/mol. The van der Waals surface area contributed by atoms with E-state index in [1.54, 1.807) is 4.63 Å². The minimum Gasteiger partial charge on any atom is -0.491 e. The first-order valence-electron chi connectivity index (χ1n) is 23.3. The van der Waals surface area contributed by atoms with Crippen LogP contribution in [0.4, 0.5) is 11.4 Å². The first-order chi connectivity index (χ1) is 28.7. The molecule has 2 aromatic heterocycles. The van der Waals surface area contributed by atoms with Crippen LogP contribution in [0.3, 0.4) is 0 Å². The zero-order valence-corrected chi connectivity index (χ0v) is 39.5. The third-order valence-electron chi connectivity index (χ3n) is 12.8. The van der Waals surface area contributed by atoms with Crippen molar-refractivity contribution in [1.29, 1.82) is 0 Å². The summed E-state index contributed by atoms with van der Waals surface area (Å²) in [5.41, 5.74) is 4.80. The average molecular weight is 826 g/mol. The average Bonchev–Trinajstić information content (AvgIpc) is 3.79. The molecule has 332 valence electrons. The van der Waals surface area contributed by atoms with Gasteiger partial charge >= 0.3 is 0 Å². The molecule has 0 bridgehead atoms. The van der Waals surface area contributed by atoms with Crippen LogP contribution < -0.4 is 30.4 Å². The Hall–Kier alpha value is -4.34. The number of H-pyrrole nitrogens is 1. The van der Waals surface area contributed by atoms with Gasteiger partial charge in [0.15, 0.2) is 11.9 Å². The zero-order chi connectivity index (χ0) is 44.0. The van der Waals surface area contributed by atoms with Gasteiger partial charge in [0.05, 0.1) is 12.0 Å². The number of anilines is 1. The third kappa shape index (κ3) is 12.4. The fraction of sp³-hybridized carbons (Fsp3) is 0.640. The summed E-state index contributed by atoms with van der Waals surface area (Å²) in [4.78, 5) is 26.4. The molecule has 3 atom stereocenters. The summed E-state index contributed by atoms with van der Waals surface area (Å²) in [6, 6.07) is 12.8. The maximum atomic E-state index is 14.1. The van der Waals surface area contributed by atoms with Crippen LogP contribution in [0.2, 0.25) is 0 Å². The van der Waals surface area contributed by atoms with Gasteiger partial charge in [-0.3, -0.25) is 9.89 Å². The van der Waals surface area contributed by atoms with Crippen molar-refractivity contribution in [3.8, 4) is 11.5 Å². The Morgan fingerprint density at radius 1 is 0.900 bits per heavy atom. The fourth-order valence-corrected chi connectivity index (χ4v) is 7.51. The first kappa shape index (κ1) is 48.3. The number of hydrogen-bond acceptors (Lipinski definition) is 7. The lowest BCUT2D eigenvalue weighted by molar-refractivity contribution is -0.128. The molecule has 4 aromatic rings. The predicted octanol–water partition coefficient (Wildman–Crippen LogP) is 10.9. The lowest BCUT2D eigenvalue weighted by Crippen LogP contribution is -2.40. The summed E-state index contributed by atoms with van der Waals surface area (Å²) in [5.74, 6) is 2.35. The Kier molecular flexibility index (Phi) is 18.1. The molecule has 10 heteroatoms. The van der Waals surface area contributed by atoms with Gasteiger partial charge in [-0.15, -0.1) is 5.10 Å². The number of nitrogens with zero attached hydrogens (tertiary/aromatic N) is 5. The number of amides is 1. The van der Waals surface area contributed by atoms with Crippen LogP contribution in [-0.4, -0.2) is 58.1 Å². The molecule has 4 rings (SSSR count). The number of benzene rings is 2. The SMILES string of the molecule is C=c1[nH]n2nc(C(C)CNC(=O)C(CCCCCC)Oc3ccc(C(C)(C)CC)cc3C(C)(C)CC)nc2c1=Nc1ccc(N(CC)CC)cc1OCC(CC)CCCC. The van der Waals surface area contributed by atoms with E-state index in [9.17, 15) is 4.79 Å². The highest BCUT2D eigenvalue weighted by molar-refractivity contribution is 5.81. The second kappa shape index (κ2) is 22.5. The van der Waals surface area contributed by atoms with Crippen molar-refractivity contribution in [3.63, 3.8) is 0 Å². The number of unbranched alkanes of at least 4 members (excludes halogenated alkanes) is 4. The molecule has 3 unspecified atom stereocenters. The largest absolute Gasteiger partial charge is 0.491 e. The molecule has 0 aliphatic rings. The van der Waals surface area contributed by atoms with E-state index in [1.807, 2.05) is 13.0 Å². The molecule has 2 heterocycles. The number of aromatic nitrogens is 4. The number of carbonyl (C=O) groups excluding carboxylic acids is 1. The Morgan fingerprint density at radius 3 is 2.27 bits per heavy atom. The van der Waals surface area contributed by atoms with E-state index in [4.69, 9.17) is 24.5 Å². The number of aromatic amines is 1. The van der Waals surface area contributed by atoms with E-state index >= 15 is 0 Å². The topological polar surface area (TPSA) is 109 Å². The standard InChI is InChI=1S/C50H79N7O3/c1-14-21-23-24-26-43(60-42-30-27-38(49(10,11)17-4)31-40(42)50(12,13)18-5)48(58)51-33-35(8)46-53-47-45(36(9)54-57(47)55-46)52-41-29-28-39(56(19-6)20-7)32-44(41)59-34-37(16-3)25-22-15-2/h27-32,35,37,43,54H,9,14-26,33-34H2,1-8,10-13H3,(H,51,58). The molecule has 0 aliphatic heterocycles. The summed E-state index contributed by atoms with van der Waals surface area (Å²) in [6.07, 6.45) is 10.9. The maximum Gasteiger partial charge on any atom is 0.261 e. The molecule has 1 amide bonds. The van der Waals surface area contributed by atoms with Gasteiger partial charge in [-0.1, -0.05) is 126 Å². The summed E-state index contributed by atoms with van der Waals surface area (Å²) < 4.78 is 15.0. The van der Waals surface area contributed by atoms with Crippen molar-refractivity contribution >= 4 is 29.5 Å². The lowest BCUT2D eigenvalue weighted by atomic mass is 9.76. The molecule has 10 nitrogen and oxygen atoms in total. The Bertz CT molecular complexity index is 2060. The van der Waals surface area contributed by atoms with Gasteiger partial charge in [0, 0.05) is 42.9 Å². The molecule has 0 spiro atoms. The zero-order valence-electron chi connectivity index (χ0n) is 39.5. The van der Waals surface area contributed by atoms with Crippen LogP contribution in [0, 0.1) is 5.92 Å². The van der Waals surface area contributed by atoms with Crippen molar-refractivity contribution in [3.05, 3.63) is 64.1 Å². The molecule has 0 saturated heterocycles. The molecule has 0 aliphatic carbocycles. The minimum atomic E-state index is -0.613. The fourth-order valence-electron chi connectivity index (χ4n) is 7.51. The highest BCUT2D eigenvalue weighted by atomic mass is 16.5. The summed E-state index contributed by atoms with van der Waals surface area (Å²) in [6.45, 7) is 33.6. The summed E-state index contributed by atoms with van der Waals surface area (Å²) in [7, 11) is 0. The highest BCUT2D eigenvalue weighted by Gasteiger charge is 2.30. The number of hydrogen-bond donors (Lipinski definition) is 2. The molecule has 0 radical (unpaired) electrons. The Labute approximate surface area is 362 Å². The first-order valence-corrected chi connectivity index (χ1v) is 23.3. The summed E-state index contributed by atoms with van der Waals surface area (Å²) >= 11 is 0. The van der Waals surface area contributed by atoms with E-state index in [0.29, 0.717) is 47.7 Å². The van der Waals surface area contributed by atoms with Crippen molar-refractivity contribution in [2.45, 2.75) is 177 Å². The van der Waals surface area contributed by atoms with E-state index < -0.39 is 6.10 Å². The van der Waals surface area contributed by atoms with Crippen LogP contribution in [0.1, 0.15) is 177 Å². The Morgan fingerprint density at radius 2 is 1.62 bits per heavy atom. The number of nitrogens with one attached hydrogen (secondary N) is 2. The lowest BCUT2D eigenvalue weighted by Gasteiger charge is -2.31. The number of carbonyl (C=O) groups is 1. The van der Waals surface area contributed by atoms with E-state index in [-0.39, 0.29) is 22.7 Å². The van der Waals surface area contributed by atoms with E-state index in [0.717, 1.165) is 92.9 Å². The second-order valence-corrected chi connectivity index (χ2v) is 18.1. The van der Waals surface area contributed by atoms with Gasteiger partial charge in [-0.25, -0.2) is 9.98 Å². The van der Waals surface area contributed by atoms with Crippen LogP contribution in [-0.2, 0) is 15.6 Å². The van der Waals surface area contributed by atoms with Gasteiger partial charge in [0.2, 0.25) is 5.65 Å². The molecule has 2 N–H and O–H groups in total. The number of fused-ring (bicyclic) bond motifs is 1. The van der Waals surface area contributed by atoms with Crippen molar-refractivity contribution < 1.29 is 14.3 Å². The normalized spacial score (nSPS) is 14.0. The van der Waals surface area contributed by atoms with Gasteiger partial charge in [-0.05, 0) is 86.5 Å². The van der Waals surface area contributed by atoms with Gasteiger partial charge in [0.1, 0.15) is 22.5 Å². The van der Waals surface area contributed by atoms with Crippen LogP contribution in [0.15, 0.2) is 41.4 Å². The minimum absolute atomic E-state index is 0.0427. The molecule has 60 heavy (non-hydrogen) atoms. The van der Waals surface area contributed by atoms with Gasteiger partial charge < -0.3 is 19.7 Å². The molecule has 2 aromatic carbocycles. The molecular formula is C50H79N7O3. The quantitative estimate of drug-likeness (QED) is 0.0610. The monoisotopic (exact) mass is 826 g/mol. The van der Waals surface area contributed by atoms with Crippen LogP contribution in [0.5, 0.6) is 11.5 Å². The third-order valence-corrected chi connectivity index (χ3v) is 12.8. The van der Waals surface area contributed by atoms with Crippen molar-refractivity contribution in [2.75, 3.05) is 31.1 Å². The van der Waals surface area contributed by atoms with Crippen molar-refractivity contribution in [2.24, 2.45) is 10.9 Å². The predicted molar refractivity (Wildman–Crippen MR) is 250 cm³/mol. The van der Waals surface area contributed by atoms with E-state index in [2.05, 4.69) is 128 Å². The van der Waals surface area contributed by atoms with Gasteiger partial charge in [-0.2, -0.15) is 4.63 Å². The van der Waals surface area contributed by atoms with Crippen molar-refractivity contribution in [1.82, 2.24) is 25.1 Å². The molecule has 0 fully saturated rings. The van der Waals surface area contributed by atoms with Crippen LogP contribution >= 0.6 is 0 Å². The maximum absolute atomic E-state index is 14.1. The number of ether oxygens (including phenoxy) is 2. The number of rotatable bonds is 26. The highest BCUT2D eigenvalue weighted by Crippen LogP contribution is 2.39. The van der Waals surface area contributed by atoms with Gasteiger partial charge in [0.25, 0.3) is 5.91 Å². The second-order valence-electron chi connectivity index (χ2n) is 18.1. The van der Waals surface area contributed by atoms with Crippen LogP contribution in [0.25, 0.3) is 12.2 Å². The molecule has 0 saturated carbocycles. The van der Waals surface area contributed by atoms with E-state index in [1.165, 1.54) is 18.4 Å². The summed E-state index contributed by atoms with van der Waals surface area (Å²) in [5, 5.41) is 12.5. The Balaban J connectivity index is 1.60. The smallest absolute Gasteiger partial charge is 0.261 e.